The first-order chi connectivity index (χ1) is 17.6. The molecule has 7 nitrogen and oxygen atoms in total. The average molecular weight is 538 g/mol. The molecule has 202 valence electrons. The molecular weight excluding hydrogens is 504 g/mol. The number of alkyl halides is 2. The zero-order valence-electron chi connectivity index (χ0n) is 20.9. The van der Waals surface area contributed by atoms with Crippen molar-refractivity contribution >= 4 is 15.7 Å². The molecule has 2 aromatic rings. The first-order valence-corrected chi connectivity index (χ1v) is 14.1. The molecule has 2 heterocycles. The minimum atomic E-state index is -4.09. The number of nitrogens with one attached hydrogen (secondary N) is 1. The van der Waals surface area contributed by atoms with Crippen molar-refractivity contribution in [3.8, 4) is 11.1 Å². The Morgan fingerprint density at radius 3 is 2.22 bits per heavy atom. The van der Waals surface area contributed by atoms with Crippen molar-refractivity contribution in [2.24, 2.45) is 0 Å². The quantitative estimate of drug-likeness (QED) is 0.461. The maximum absolute atomic E-state index is 13.8. The monoisotopic (exact) mass is 537 g/mol. The van der Waals surface area contributed by atoms with E-state index in [0.29, 0.717) is 13.0 Å². The lowest BCUT2D eigenvalue weighted by molar-refractivity contribution is -0.202. The van der Waals surface area contributed by atoms with Gasteiger partial charge in [-0.1, -0.05) is 36.4 Å². The van der Waals surface area contributed by atoms with E-state index in [1.54, 1.807) is 24.3 Å². The van der Waals surface area contributed by atoms with Crippen molar-refractivity contribution in [2.45, 2.75) is 73.7 Å². The lowest BCUT2D eigenvalue weighted by Crippen LogP contribution is -2.56. The smallest absolute Gasteiger partial charge is 0.265 e. The molecule has 0 aromatic heterocycles. The molecule has 1 atom stereocenters. The van der Waals surface area contributed by atoms with Crippen LogP contribution in [-0.4, -0.2) is 51.1 Å². The van der Waals surface area contributed by atoms with E-state index in [2.05, 4.69) is 5.48 Å². The maximum Gasteiger partial charge on any atom is 0.265 e. The van der Waals surface area contributed by atoms with E-state index in [1.807, 2.05) is 12.1 Å². The topological polar surface area (TPSA) is 90.9 Å². The van der Waals surface area contributed by atoms with E-state index >= 15 is 0 Å². The highest BCUT2D eigenvalue weighted by atomic mass is 32.2. The largest absolute Gasteiger partial charge is 0.381 e. The summed E-state index contributed by atoms with van der Waals surface area (Å²) in [6.07, 6.45) is 1.91. The third kappa shape index (κ3) is 6.54. The molecule has 4 rings (SSSR count). The number of sulfone groups is 1. The summed E-state index contributed by atoms with van der Waals surface area (Å²) in [4.78, 5) is 18.7. The van der Waals surface area contributed by atoms with Crippen molar-refractivity contribution in [3.63, 3.8) is 0 Å². The standard InChI is InChI=1S/C27H33F2NO6S/c1-26(28,29)14-13-20-5-7-21(8-6-20)22-9-11-23(12-10-22)37(32,33)27(15-18-34-19-16-27)25(31)30-36-24-4-2-3-17-35-24/h5-12,24H,2-4,13-19H2,1H3,(H,30,31)/t24-/m0/s1. The Morgan fingerprint density at radius 2 is 1.65 bits per heavy atom. The molecule has 2 aliphatic rings. The Kier molecular flexibility index (Phi) is 8.63. The van der Waals surface area contributed by atoms with Gasteiger partial charge in [0.2, 0.25) is 5.92 Å². The van der Waals surface area contributed by atoms with E-state index in [-0.39, 0.29) is 43.8 Å². The molecule has 2 fully saturated rings. The number of aryl methyl sites for hydroxylation is 1. The third-order valence-corrected chi connectivity index (χ3v) is 9.47. The summed E-state index contributed by atoms with van der Waals surface area (Å²) in [6.45, 7) is 1.72. The molecule has 2 aliphatic heterocycles. The van der Waals surface area contributed by atoms with E-state index in [9.17, 15) is 22.0 Å². The molecule has 37 heavy (non-hydrogen) atoms. The average Bonchev–Trinajstić information content (AvgIpc) is 2.91. The summed E-state index contributed by atoms with van der Waals surface area (Å²) < 4.78 is 62.9. The van der Waals surface area contributed by atoms with Gasteiger partial charge in [-0.15, -0.1) is 0 Å². The van der Waals surface area contributed by atoms with Crippen LogP contribution < -0.4 is 5.48 Å². The first-order valence-electron chi connectivity index (χ1n) is 12.6. The molecule has 1 N–H and O–H groups in total. The molecule has 2 aromatic carbocycles. The molecule has 0 unspecified atom stereocenters. The van der Waals surface area contributed by atoms with E-state index in [4.69, 9.17) is 14.3 Å². The van der Waals surface area contributed by atoms with E-state index in [0.717, 1.165) is 36.5 Å². The van der Waals surface area contributed by atoms with Crippen molar-refractivity contribution < 1.29 is 36.3 Å². The van der Waals surface area contributed by atoms with Gasteiger partial charge >= 0.3 is 0 Å². The van der Waals surface area contributed by atoms with Crippen LogP contribution in [0.25, 0.3) is 11.1 Å². The van der Waals surface area contributed by atoms with Crippen LogP contribution in [0.1, 0.15) is 51.0 Å². The Labute approximate surface area is 216 Å². The Hall–Kier alpha value is -2.40. The molecule has 0 radical (unpaired) electrons. The lowest BCUT2D eigenvalue weighted by Gasteiger charge is -2.35. The predicted octanol–water partition coefficient (Wildman–Crippen LogP) is 4.84. The molecule has 0 saturated carbocycles. The maximum atomic E-state index is 13.8. The number of benzene rings is 2. The third-order valence-electron chi connectivity index (χ3n) is 6.95. The van der Waals surface area contributed by atoms with Crippen LogP contribution in [-0.2, 0) is 35.4 Å². The van der Waals surface area contributed by atoms with Crippen LogP contribution >= 0.6 is 0 Å². The van der Waals surface area contributed by atoms with Gasteiger partial charge in [0.1, 0.15) is 0 Å². The minimum Gasteiger partial charge on any atom is -0.381 e. The Balaban J connectivity index is 1.50. The van der Waals surface area contributed by atoms with Crippen LogP contribution in [0.4, 0.5) is 8.78 Å². The molecule has 1 amide bonds. The molecule has 2 saturated heterocycles. The molecule has 10 heteroatoms. The number of carbonyl (C=O) groups excluding carboxylic acids is 1. The van der Waals surface area contributed by atoms with Gasteiger partial charge in [0.05, 0.1) is 4.90 Å². The summed E-state index contributed by atoms with van der Waals surface area (Å²) in [5.74, 6) is -3.43. The van der Waals surface area contributed by atoms with Gasteiger partial charge in [-0.05, 0) is 67.9 Å². The SMILES string of the molecule is CC(F)(F)CCc1ccc(-c2ccc(S(=O)(=O)C3(C(=O)NO[C@H]4CCCCO4)CCOCC3)cc2)cc1. The van der Waals surface area contributed by atoms with Crippen LogP contribution in [0.3, 0.4) is 0 Å². The van der Waals surface area contributed by atoms with Crippen molar-refractivity contribution in [1.82, 2.24) is 5.48 Å². The van der Waals surface area contributed by atoms with Crippen LogP contribution in [0, 0.1) is 0 Å². The van der Waals surface area contributed by atoms with Crippen LogP contribution in [0.5, 0.6) is 0 Å². The molecule has 0 aliphatic carbocycles. The van der Waals surface area contributed by atoms with Gasteiger partial charge in [-0.2, -0.15) is 0 Å². The summed E-state index contributed by atoms with van der Waals surface area (Å²) in [6, 6.07) is 13.6. The number of ether oxygens (including phenoxy) is 2. The number of amides is 1. The highest BCUT2D eigenvalue weighted by molar-refractivity contribution is 7.93. The van der Waals surface area contributed by atoms with Crippen molar-refractivity contribution in [2.75, 3.05) is 19.8 Å². The van der Waals surface area contributed by atoms with Crippen molar-refractivity contribution in [3.05, 3.63) is 54.1 Å². The van der Waals surface area contributed by atoms with Crippen LogP contribution in [0.15, 0.2) is 53.4 Å². The summed E-state index contributed by atoms with van der Waals surface area (Å²) in [5.41, 5.74) is 4.76. The zero-order chi connectivity index (χ0) is 26.5. The zero-order valence-corrected chi connectivity index (χ0v) is 21.7. The predicted molar refractivity (Wildman–Crippen MR) is 134 cm³/mol. The van der Waals surface area contributed by atoms with Gasteiger partial charge in [0, 0.05) is 32.7 Å². The highest BCUT2D eigenvalue weighted by Crippen LogP contribution is 2.36. The summed E-state index contributed by atoms with van der Waals surface area (Å²) >= 11 is 0. The normalized spacial score (nSPS) is 20.4. The first kappa shape index (κ1) is 27.6. The number of halogens is 2. The fourth-order valence-electron chi connectivity index (χ4n) is 4.62. The van der Waals surface area contributed by atoms with Gasteiger partial charge in [0.25, 0.3) is 5.91 Å². The second-order valence-corrected chi connectivity index (χ2v) is 12.0. The van der Waals surface area contributed by atoms with Gasteiger partial charge in [-0.25, -0.2) is 27.5 Å². The molecule has 0 spiro atoms. The summed E-state index contributed by atoms with van der Waals surface area (Å²) in [5, 5.41) is 0. The Morgan fingerprint density at radius 1 is 1.03 bits per heavy atom. The van der Waals surface area contributed by atoms with E-state index in [1.165, 1.54) is 12.1 Å². The second-order valence-electron chi connectivity index (χ2n) is 9.75. The van der Waals surface area contributed by atoms with Gasteiger partial charge in [0.15, 0.2) is 20.9 Å². The lowest BCUT2D eigenvalue weighted by atomic mass is 9.98. The van der Waals surface area contributed by atoms with Crippen LogP contribution in [0.2, 0.25) is 0 Å². The Bertz CT molecular complexity index is 1150. The minimum absolute atomic E-state index is 0.00999. The highest BCUT2D eigenvalue weighted by Gasteiger charge is 2.52. The fourth-order valence-corrected chi connectivity index (χ4v) is 6.55. The number of hydroxylamine groups is 1. The fraction of sp³-hybridized carbons (Fsp3) is 0.519. The summed E-state index contributed by atoms with van der Waals surface area (Å²) in [7, 11) is -4.09. The number of hydrogen-bond acceptors (Lipinski definition) is 6. The van der Waals surface area contributed by atoms with E-state index < -0.39 is 32.7 Å². The second kappa shape index (κ2) is 11.6. The van der Waals surface area contributed by atoms with Gasteiger partial charge in [-0.3, -0.25) is 4.79 Å². The molecular formula is C27H33F2NO6S. The number of rotatable bonds is 9. The number of hydrogen-bond donors (Lipinski definition) is 1. The van der Waals surface area contributed by atoms with Gasteiger partial charge < -0.3 is 9.47 Å². The van der Waals surface area contributed by atoms with Crippen molar-refractivity contribution in [1.29, 1.82) is 0 Å². The number of carbonyl (C=O) groups is 1. The molecule has 0 bridgehead atoms.